The molecule has 0 amide bonds. The Labute approximate surface area is 88.1 Å². The summed E-state index contributed by atoms with van der Waals surface area (Å²) in [5.74, 6) is 0.261. The number of hydrogen-bond donors (Lipinski definition) is 2. The van der Waals surface area contributed by atoms with Gasteiger partial charge in [-0.1, -0.05) is 0 Å². The first-order valence-corrected chi connectivity index (χ1v) is 5.13. The Morgan fingerprint density at radius 1 is 1.60 bits per heavy atom. The first-order valence-electron chi connectivity index (χ1n) is 5.13. The van der Waals surface area contributed by atoms with Crippen LogP contribution < -0.4 is 0 Å². The van der Waals surface area contributed by atoms with Crippen LogP contribution >= 0.6 is 0 Å². The van der Waals surface area contributed by atoms with Crippen LogP contribution in [0.15, 0.2) is 6.20 Å². The van der Waals surface area contributed by atoms with E-state index in [1.165, 1.54) is 6.20 Å². The van der Waals surface area contributed by atoms with Crippen LogP contribution in [-0.2, 0) is 0 Å². The molecule has 0 radical (unpaired) electrons. The number of imidazole rings is 1. The summed E-state index contributed by atoms with van der Waals surface area (Å²) in [6.07, 6.45) is 3.49. The van der Waals surface area contributed by atoms with Gasteiger partial charge in [0.05, 0.1) is 6.20 Å². The zero-order chi connectivity index (χ0) is 10.8. The van der Waals surface area contributed by atoms with Crippen LogP contribution in [0.1, 0.15) is 35.1 Å². The number of aromatic amines is 1. The van der Waals surface area contributed by atoms with Gasteiger partial charge in [-0.2, -0.15) is 0 Å². The molecule has 1 aliphatic rings. The highest BCUT2D eigenvalue weighted by molar-refractivity contribution is 5.85. The smallest absolute Gasteiger partial charge is 0.353 e. The molecule has 5 nitrogen and oxygen atoms in total. The molecule has 0 spiro atoms. The van der Waals surface area contributed by atoms with Crippen molar-refractivity contribution in [2.45, 2.75) is 18.8 Å². The predicted molar refractivity (Wildman–Crippen MR) is 55.0 cm³/mol. The van der Waals surface area contributed by atoms with Gasteiger partial charge < -0.3 is 15.0 Å². The summed E-state index contributed by atoms with van der Waals surface area (Å²) in [5, 5.41) is 8.76. The lowest BCUT2D eigenvalue weighted by Crippen LogP contribution is -2.29. The second-order valence-corrected chi connectivity index (χ2v) is 4.06. The summed E-state index contributed by atoms with van der Waals surface area (Å²) in [6.45, 7) is 2.10. The summed E-state index contributed by atoms with van der Waals surface area (Å²) >= 11 is 0. The molecule has 5 heteroatoms. The number of H-pyrrole nitrogens is 1. The Kier molecular flexibility index (Phi) is 2.73. The Morgan fingerprint density at radius 2 is 2.27 bits per heavy atom. The quantitative estimate of drug-likeness (QED) is 0.759. The van der Waals surface area contributed by atoms with Gasteiger partial charge in [0.2, 0.25) is 0 Å². The molecule has 2 heterocycles. The second-order valence-electron chi connectivity index (χ2n) is 4.06. The van der Waals surface area contributed by atoms with Crippen LogP contribution in [0.2, 0.25) is 0 Å². The number of hydrogen-bond acceptors (Lipinski definition) is 3. The minimum Gasteiger partial charge on any atom is -0.477 e. The van der Waals surface area contributed by atoms with Crippen molar-refractivity contribution in [2.24, 2.45) is 0 Å². The van der Waals surface area contributed by atoms with Crippen LogP contribution in [0.5, 0.6) is 0 Å². The normalized spacial score (nSPS) is 19.3. The van der Waals surface area contributed by atoms with Crippen molar-refractivity contribution in [1.82, 2.24) is 14.9 Å². The maximum atomic E-state index is 10.7. The molecule has 1 fully saturated rings. The standard InChI is InChI=1S/C10H15N3O2/c1-13-4-2-7(3-5-13)9-11-6-8(12-9)10(14)15/h6-7H,2-5H2,1H3,(H,11,12)(H,14,15). The van der Waals surface area contributed by atoms with Crippen molar-refractivity contribution in [3.05, 3.63) is 17.7 Å². The SMILES string of the molecule is CN1CCC(c2ncc(C(=O)O)[nH]2)CC1. The number of aromatic carboxylic acids is 1. The highest BCUT2D eigenvalue weighted by atomic mass is 16.4. The zero-order valence-electron chi connectivity index (χ0n) is 8.73. The van der Waals surface area contributed by atoms with E-state index < -0.39 is 5.97 Å². The highest BCUT2D eigenvalue weighted by Crippen LogP contribution is 2.24. The third kappa shape index (κ3) is 2.18. The van der Waals surface area contributed by atoms with E-state index in [0.717, 1.165) is 31.8 Å². The molecule has 82 valence electrons. The largest absolute Gasteiger partial charge is 0.477 e. The second kappa shape index (κ2) is 4.02. The van der Waals surface area contributed by atoms with Gasteiger partial charge in [-0.15, -0.1) is 0 Å². The van der Waals surface area contributed by atoms with E-state index in [9.17, 15) is 4.79 Å². The van der Waals surface area contributed by atoms with E-state index in [2.05, 4.69) is 21.9 Å². The first-order chi connectivity index (χ1) is 7.16. The first kappa shape index (κ1) is 10.2. The number of piperidine rings is 1. The number of likely N-dealkylation sites (tertiary alicyclic amines) is 1. The maximum absolute atomic E-state index is 10.7. The van der Waals surface area contributed by atoms with E-state index in [1.54, 1.807) is 0 Å². The van der Waals surface area contributed by atoms with E-state index in [1.807, 2.05) is 0 Å². The number of nitrogens with zero attached hydrogens (tertiary/aromatic N) is 2. The van der Waals surface area contributed by atoms with E-state index in [4.69, 9.17) is 5.11 Å². The van der Waals surface area contributed by atoms with E-state index in [-0.39, 0.29) is 5.69 Å². The number of nitrogens with one attached hydrogen (secondary N) is 1. The summed E-state index contributed by atoms with van der Waals surface area (Å²) in [6, 6.07) is 0. The third-order valence-corrected chi connectivity index (χ3v) is 2.93. The lowest BCUT2D eigenvalue weighted by Gasteiger charge is -2.27. The Balaban J connectivity index is 2.06. The van der Waals surface area contributed by atoms with E-state index in [0.29, 0.717) is 5.92 Å². The molecule has 0 bridgehead atoms. The van der Waals surface area contributed by atoms with Gasteiger partial charge in [0.15, 0.2) is 0 Å². The molecule has 15 heavy (non-hydrogen) atoms. The lowest BCUT2D eigenvalue weighted by molar-refractivity contribution is 0.0691. The van der Waals surface area contributed by atoms with E-state index >= 15 is 0 Å². The molecule has 0 unspecified atom stereocenters. The van der Waals surface area contributed by atoms with Gasteiger partial charge in [0, 0.05) is 5.92 Å². The van der Waals surface area contributed by atoms with Gasteiger partial charge in [-0.3, -0.25) is 0 Å². The number of carbonyl (C=O) groups is 1. The number of carboxylic acids is 1. The minimum absolute atomic E-state index is 0.184. The van der Waals surface area contributed by atoms with Crippen LogP contribution in [0.4, 0.5) is 0 Å². The molecule has 2 rings (SSSR count). The van der Waals surface area contributed by atoms with Gasteiger partial charge in [0.1, 0.15) is 11.5 Å². The molecular formula is C10H15N3O2. The lowest BCUT2D eigenvalue weighted by atomic mass is 9.97. The van der Waals surface area contributed by atoms with Crippen LogP contribution in [0, 0.1) is 0 Å². The molecule has 0 aromatic carbocycles. The molecule has 0 aliphatic carbocycles. The van der Waals surface area contributed by atoms with Gasteiger partial charge in [0.25, 0.3) is 0 Å². The van der Waals surface area contributed by atoms with Crippen molar-refractivity contribution < 1.29 is 9.90 Å². The van der Waals surface area contributed by atoms with Crippen molar-refractivity contribution in [3.8, 4) is 0 Å². The monoisotopic (exact) mass is 209 g/mol. The molecule has 1 aromatic heterocycles. The average molecular weight is 209 g/mol. The van der Waals surface area contributed by atoms with Crippen LogP contribution in [0.25, 0.3) is 0 Å². The Bertz CT molecular complexity index is 353. The van der Waals surface area contributed by atoms with Crippen LogP contribution in [0.3, 0.4) is 0 Å². The molecule has 1 aromatic rings. The van der Waals surface area contributed by atoms with Crippen molar-refractivity contribution in [2.75, 3.05) is 20.1 Å². The minimum atomic E-state index is -0.943. The van der Waals surface area contributed by atoms with Crippen molar-refractivity contribution >= 4 is 5.97 Å². The fourth-order valence-electron chi connectivity index (χ4n) is 1.93. The van der Waals surface area contributed by atoms with Gasteiger partial charge in [-0.25, -0.2) is 9.78 Å². The predicted octanol–water partition coefficient (Wildman–Crippen LogP) is 0.917. The fraction of sp³-hybridized carbons (Fsp3) is 0.600. The molecule has 0 atom stereocenters. The number of carboxylic acid groups (broad SMARTS) is 1. The summed E-state index contributed by atoms with van der Waals surface area (Å²) in [7, 11) is 2.10. The molecule has 1 aliphatic heterocycles. The van der Waals surface area contributed by atoms with Crippen molar-refractivity contribution in [3.63, 3.8) is 0 Å². The molecular weight excluding hydrogens is 194 g/mol. The average Bonchev–Trinajstić information content (AvgIpc) is 2.68. The van der Waals surface area contributed by atoms with Gasteiger partial charge in [-0.05, 0) is 33.0 Å². The van der Waals surface area contributed by atoms with Crippen molar-refractivity contribution in [1.29, 1.82) is 0 Å². The Hall–Kier alpha value is -1.36. The zero-order valence-corrected chi connectivity index (χ0v) is 8.73. The van der Waals surface area contributed by atoms with Crippen LogP contribution in [-0.4, -0.2) is 46.1 Å². The molecule has 1 saturated heterocycles. The summed E-state index contributed by atoms with van der Waals surface area (Å²) in [5.41, 5.74) is 0.184. The van der Waals surface area contributed by atoms with Gasteiger partial charge >= 0.3 is 5.97 Å². The fourth-order valence-corrected chi connectivity index (χ4v) is 1.93. The maximum Gasteiger partial charge on any atom is 0.353 e. The molecule has 0 saturated carbocycles. The molecule has 2 N–H and O–H groups in total. The Morgan fingerprint density at radius 3 is 2.80 bits per heavy atom. The highest BCUT2D eigenvalue weighted by Gasteiger charge is 2.21. The number of aromatic nitrogens is 2. The number of rotatable bonds is 2. The third-order valence-electron chi connectivity index (χ3n) is 2.93. The topological polar surface area (TPSA) is 69.2 Å². The summed E-state index contributed by atoms with van der Waals surface area (Å²) in [4.78, 5) is 19.9. The summed E-state index contributed by atoms with van der Waals surface area (Å²) < 4.78 is 0.